The number of carbonyl (C=O) groups is 1. The lowest BCUT2D eigenvalue weighted by Crippen LogP contribution is -2.54. The highest BCUT2D eigenvalue weighted by Gasteiger charge is 2.42. The second-order valence-electron chi connectivity index (χ2n) is 9.50. The van der Waals surface area contributed by atoms with Crippen LogP contribution < -0.4 is 10.1 Å². The van der Waals surface area contributed by atoms with Crippen molar-refractivity contribution in [2.24, 2.45) is 0 Å². The Bertz CT molecular complexity index is 1030. The maximum atomic E-state index is 12.4. The molecule has 7 heteroatoms. The van der Waals surface area contributed by atoms with Crippen LogP contribution in [-0.2, 0) is 11.3 Å². The molecule has 1 saturated heterocycles. The van der Waals surface area contributed by atoms with Crippen LogP contribution in [0.15, 0.2) is 36.4 Å². The van der Waals surface area contributed by atoms with Gasteiger partial charge in [0, 0.05) is 43.6 Å². The van der Waals surface area contributed by atoms with E-state index in [1.54, 1.807) is 19.1 Å². The average Bonchev–Trinajstić information content (AvgIpc) is 2.79. The minimum absolute atomic E-state index is 0.124. The zero-order chi connectivity index (χ0) is 23.0. The highest BCUT2D eigenvalue weighted by Crippen LogP contribution is 2.40. The van der Waals surface area contributed by atoms with E-state index in [-0.39, 0.29) is 18.6 Å². The Morgan fingerprint density at radius 1 is 1.21 bits per heavy atom. The van der Waals surface area contributed by atoms with Crippen LogP contribution in [0.2, 0.25) is 5.02 Å². The van der Waals surface area contributed by atoms with Crippen LogP contribution in [0.5, 0.6) is 5.75 Å². The number of benzene rings is 2. The number of likely N-dealkylation sites (tertiary alicyclic amines) is 1. The predicted molar refractivity (Wildman–Crippen MR) is 127 cm³/mol. The van der Waals surface area contributed by atoms with Gasteiger partial charge in [0.2, 0.25) is 5.79 Å². The molecule has 2 N–H and O–H groups in total. The molecule has 5 rings (SSSR count). The SMILES string of the molecule is CC(CO)NC(=O)c1ccc(-c2ccc3c(c2)COC2(CCN(C4CCC4)CC2)O3)cc1Cl. The van der Waals surface area contributed by atoms with E-state index in [0.29, 0.717) is 17.2 Å². The van der Waals surface area contributed by atoms with Crippen molar-refractivity contribution in [3.8, 4) is 16.9 Å². The molecule has 1 aliphatic carbocycles. The fourth-order valence-electron chi connectivity index (χ4n) is 4.86. The standard InChI is InChI=1S/C26H31ClN2O4/c1-17(15-30)28-25(31)22-7-5-19(14-23(22)27)18-6-8-24-20(13-18)16-32-26(33-24)9-11-29(12-10-26)21-3-2-4-21/h5-8,13-14,17,21,30H,2-4,9-12,15-16H2,1H3,(H,28,31). The minimum Gasteiger partial charge on any atom is -0.462 e. The molecule has 1 saturated carbocycles. The first-order chi connectivity index (χ1) is 16.0. The number of aliphatic hydroxyl groups is 1. The summed E-state index contributed by atoms with van der Waals surface area (Å²) in [5.41, 5.74) is 3.33. The van der Waals surface area contributed by atoms with E-state index < -0.39 is 5.79 Å². The molecule has 6 nitrogen and oxygen atoms in total. The molecule has 2 fully saturated rings. The Hall–Kier alpha value is -2.12. The molecule has 2 aromatic carbocycles. The van der Waals surface area contributed by atoms with Crippen LogP contribution in [0.4, 0.5) is 0 Å². The smallest absolute Gasteiger partial charge is 0.253 e. The molecule has 0 aromatic heterocycles. The molecule has 1 atom stereocenters. The van der Waals surface area contributed by atoms with Crippen molar-refractivity contribution in [2.45, 2.75) is 63.5 Å². The van der Waals surface area contributed by atoms with E-state index in [4.69, 9.17) is 26.2 Å². The van der Waals surface area contributed by atoms with Gasteiger partial charge >= 0.3 is 0 Å². The number of rotatable bonds is 5. The lowest BCUT2D eigenvalue weighted by molar-refractivity contribution is -0.231. The number of hydrogen-bond acceptors (Lipinski definition) is 5. The number of hydrogen-bond donors (Lipinski definition) is 2. The maximum Gasteiger partial charge on any atom is 0.253 e. The van der Waals surface area contributed by atoms with E-state index >= 15 is 0 Å². The number of aliphatic hydroxyl groups excluding tert-OH is 1. The van der Waals surface area contributed by atoms with Gasteiger partial charge in [-0.1, -0.05) is 30.2 Å². The Balaban J connectivity index is 1.28. The third-order valence-electron chi connectivity index (χ3n) is 7.20. The van der Waals surface area contributed by atoms with Gasteiger partial charge in [0.15, 0.2) is 0 Å². The zero-order valence-corrected chi connectivity index (χ0v) is 19.7. The second kappa shape index (κ2) is 9.26. The van der Waals surface area contributed by atoms with Crippen molar-refractivity contribution in [1.82, 2.24) is 10.2 Å². The lowest BCUT2D eigenvalue weighted by Gasteiger charge is -2.47. The number of piperidine rings is 1. The van der Waals surface area contributed by atoms with Gasteiger partial charge in [-0.15, -0.1) is 0 Å². The third-order valence-corrected chi connectivity index (χ3v) is 7.51. The average molecular weight is 471 g/mol. The van der Waals surface area contributed by atoms with Crippen molar-refractivity contribution in [1.29, 1.82) is 0 Å². The van der Waals surface area contributed by atoms with Gasteiger partial charge in [0.05, 0.1) is 23.8 Å². The van der Waals surface area contributed by atoms with Crippen molar-refractivity contribution in [3.63, 3.8) is 0 Å². The molecular formula is C26H31ClN2O4. The molecule has 3 aliphatic rings. The van der Waals surface area contributed by atoms with Crippen molar-refractivity contribution in [2.75, 3.05) is 19.7 Å². The zero-order valence-electron chi connectivity index (χ0n) is 19.0. The summed E-state index contributed by atoms with van der Waals surface area (Å²) in [6, 6.07) is 12.0. The number of halogens is 1. The first-order valence-electron chi connectivity index (χ1n) is 11.9. The lowest BCUT2D eigenvalue weighted by atomic mass is 9.89. The molecule has 1 unspecified atom stereocenters. The molecule has 1 amide bonds. The number of nitrogens with zero attached hydrogens (tertiary/aromatic N) is 1. The fourth-order valence-corrected chi connectivity index (χ4v) is 5.13. The van der Waals surface area contributed by atoms with Gasteiger partial charge in [0.1, 0.15) is 5.75 Å². The van der Waals surface area contributed by atoms with Crippen molar-refractivity contribution >= 4 is 17.5 Å². The summed E-state index contributed by atoms with van der Waals surface area (Å²) in [5.74, 6) is 0.0925. The monoisotopic (exact) mass is 470 g/mol. The fraction of sp³-hybridized carbons (Fsp3) is 0.500. The second-order valence-corrected chi connectivity index (χ2v) is 9.90. The van der Waals surface area contributed by atoms with Gasteiger partial charge < -0.3 is 19.9 Å². The Labute approximate surface area is 199 Å². The van der Waals surface area contributed by atoms with Crippen molar-refractivity contribution < 1.29 is 19.4 Å². The third kappa shape index (κ3) is 4.62. The highest BCUT2D eigenvalue weighted by molar-refractivity contribution is 6.34. The quantitative estimate of drug-likeness (QED) is 0.679. The first-order valence-corrected chi connectivity index (χ1v) is 12.3. The Kier molecular flexibility index (Phi) is 6.36. The first kappa shape index (κ1) is 22.7. The Morgan fingerprint density at radius 2 is 1.94 bits per heavy atom. The van der Waals surface area contributed by atoms with Gasteiger partial charge in [-0.25, -0.2) is 0 Å². The van der Waals surface area contributed by atoms with E-state index in [1.807, 2.05) is 18.2 Å². The maximum absolute atomic E-state index is 12.4. The van der Waals surface area contributed by atoms with Crippen molar-refractivity contribution in [3.05, 3.63) is 52.5 Å². The summed E-state index contributed by atoms with van der Waals surface area (Å²) >= 11 is 6.41. The minimum atomic E-state index is -0.501. The van der Waals surface area contributed by atoms with Gasteiger partial charge in [-0.2, -0.15) is 0 Å². The molecule has 2 aromatic rings. The molecule has 0 bridgehead atoms. The normalized spacial score (nSPS) is 21.1. The van der Waals surface area contributed by atoms with E-state index in [1.165, 1.54) is 19.3 Å². The summed E-state index contributed by atoms with van der Waals surface area (Å²) in [5, 5.41) is 12.2. The number of fused-ring (bicyclic) bond motifs is 1. The highest BCUT2D eigenvalue weighted by atomic mass is 35.5. The summed E-state index contributed by atoms with van der Waals surface area (Å²) in [6.45, 7) is 4.21. The molecule has 0 radical (unpaired) electrons. The van der Waals surface area contributed by atoms with Crippen LogP contribution >= 0.6 is 11.6 Å². The summed E-state index contributed by atoms with van der Waals surface area (Å²) in [4.78, 5) is 15.0. The summed E-state index contributed by atoms with van der Waals surface area (Å²) in [6.07, 6.45) is 5.83. The number of ether oxygens (including phenoxy) is 2. The number of carbonyl (C=O) groups excluding carboxylic acids is 1. The number of nitrogens with one attached hydrogen (secondary N) is 1. The van der Waals surface area contributed by atoms with Gasteiger partial charge in [-0.3, -0.25) is 9.69 Å². The van der Waals surface area contributed by atoms with Gasteiger partial charge in [-0.05, 0) is 55.2 Å². The van der Waals surface area contributed by atoms with Crippen LogP contribution in [0.3, 0.4) is 0 Å². The van der Waals surface area contributed by atoms with Gasteiger partial charge in [0.25, 0.3) is 5.91 Å². The van der Waals surface area contributed by atoms with Crippen LogP contribution in [0.1, 0.15) is 54.9 Å². The molecule has 2 heterocycles. The summed E-state index contributed by atoms with van der Waals surface area (Å²) < 4.78 is 12.7. The summed E-state index contributed by atoms with van der Waals surface area (Å²) in [7, 11) is 0. The van der Waals surface area contributed by atoms with Crippen LogP contribution in [0.25, 0.3) is 11.1 Å². The van der Waals surface area contributed by atoms with E-state index in [2.05, 4.69) is 16.3 Å². The molecular weight excluding hydrogens is 440 g/mol. The van der Waals surface area contributed by atoms with Crippen LogP contribution in [-0.4, -0.2) is 53.5 Å². The number of amides is 1. The molecule has 1 spiro atoms. The van der Waals surface area contributed by atoms with Crippen LogP contribution in [0, 0.1) is 0 Å². The van der Waals surface area contributed by atoms with E-state index in [0.717, 1.165) is 54.4 Å². The topological polar surface area (TPSA) is 71.0 Å². The largest absolute Gasteiger partial charge is 0.462 e. The predicted octanol–water partition coefficient (Wildman–Crippen LogP) is 4.37. The Morgan fingerprint density at radius 3 is 2.61 bits per heavy atom. The molecule has 33 heavy (non-hydrogen) atoms. The molecule has 2 aliphatic heterocycles. The molecule has 176 valence electrons. The van der Waals surface area contributed by atoms with E-state index in [9.17, 15) is 4.79 Å².